The molecule has 78 valence electrons. The lowest BCUT2D eigenvalue weighted by atomic mass is 10.2. The first-order valence-electron chi connectivity index (χ1n) is 4.50. The summed E-state index contributed by atoms with van der Waals surface area (Å²) in [5.41, 5.74) is 1.17. The van der Waals surface area contributed by atoms with Crippen LogP contribution < -0.4 is 4.90 Å². The predicted molar refractivity (Wildman–Crippen MR) is 60.1 cm³/mol. The molecule has 2 heterocycles. The van der Waals surface area contributed by atoms with Gasteiger partial charge in [-0.25, -0.2) is 0 Å². The first-order valence-corrected chi connectivity index (χ1v) is 5.38. The largest absolute Gasteiger partial charge is 0.493 e. The molecule has 0 unspecified atom stereocenters. The van der Waals surface area contributed by atoms with E-state index < -0.39 is 0 Å². The van der Waals surface area contributed by atoms with Crippen LogP contribution in [-0.2, 0) is 6.54 Å². The lowest BCUT2D eigenvalue weighted by Crippen LogP contribution is -2.15. The number of anilines is 1. The third-order valence-corrected chi connectivity index (χ3v) is 2.92. The smallest absolute Gasteiger partial charge is 0.223 e. The zero-order valence-corrected chi connectivity index (χ0v) is 9.11. The van der Waals surface area contributed by atoms with Crippen molar-refractivity contribution in [1.82, 2.24) is 9.97 Å². The van der Waals surface area contributed by atoms with E-state index in [-0.39, 0.29) is 5.88 Å². The quantitative estimate of drug-likeness (QED) is 0.859. The minimum absolute atomic E-state index is 0.0802. The van der Waals surface area contributed by atoms with E-state index in [2.05, 4.69) is 9.97 Å². The summed E-state index contributed by atoms with van der Waals surface area (Å²) in [6.45, 7) is 0.759. The Morgan fingerprint density at radius 2 is 2.13 bits per heavy atom. The predicted octanol–water partition coefficient (Wildman–Crippen LogP) is 1.88. The standard InChI is InChI=1S/C10H11N3OS/c1-13(10-12-9(14)7-15-10)6-8-2-4-11-5-3-8/h2-5,7,14H,6H2,1H3. The minimum Gasteiger partial charge on any atom is -0.493 e. The van der Waals surface area contributed by atoms with E-state index >= 15 is 0 Å². The second-order valence-electron chi connectivity index (χ2n) is 3.20. The lowest BCUT2D eigenvalue weighted by Gasteiger charge is -2.14. The molecule has 0 saturated carbocycles. The summed E-state index contributed by atoms with van der Waals surface area (Å²) < 4.78 is 0. The third kappa shape index (κ3) is 2.44. The molecule has 15 heavy (non-hydrogen) atoms. The van der Waals surface area contributed by atoms with Crippen molar-refractivity contribution in [2.45, 2.75) is 6.54 Å². The highest BCUT2D eigenvalue weighted by Crippen LogP contribution is 2.23. The van der Waals surface area contributed by atoms with Gasteiger partial charge in [-0.2, -0.15) is 4.98 Å². The van der Waals surface area contributed by atoms with Gasteiger partial charge in [-0.3, -0.25) is 4.98 Å². The van der Waals surface area contributed by atoms with E-state index in [0.29, 0.717) is 0 Å². The van der Waals surface area contributed by atoms with Crippen molar-refractivity contribution in [2.75, 3.05) is 11.9 Å². The van der Waals surface area contributed by atoms with Gasteiger partial charge >= 0.3 is 0 Å². The van der Waals surface area contributed by atoms with Crippen molar-refractivity contribution in [2.24, 2.45) is 0 Å². The summed E-state index contributed by atoms with van der Waals surface area (Å²) in [6, 6.07) is 3.92. The van der Waals surface area contributed by atoms with Gasteiger partial charge in [-0.05, 0) is 17.7 Å². The van der Waals surface area contributed by atoms with Gasteiger partial charge in [0.05, 0.1) is 5.38 Å². The van der Waals surface area contributed by atoms with Gasteiger partial charge in [0, 0.05) is 26.0 Å². The van der Waals surface area contributed by atoms with Crippen LogP contribution in [-0.4, -0.2) is 22.1 Å². The molecule has 0 aromatic carbocycles. The van der Waals surface area contributed by atoms with Crippen LogP contribution in [0.1, 0.15) is 5.56 Å². The van der Waals surface area contributed by atoms with Gasteiger partial charge < -0.3 is 10.0 Å². The Bertz CT molecular complexity index is 429. The molecule has 0 aliphatic rings. The van der Waals surface area contributed by atoms with E-state index in [1.807, 2.05) is 24.1 Å². The highest BCUT2D eigenvalue weighted by Gasteiger charge is 2.06. The second kappa shape index (κ2) is 4.27. The van der Waals surface area contributed by atoms with Gasteiger partial charge in [0.2, 0.25) is 5.88 Å². The molecule has 0 bridgehead atoms. The maximum atomic E-state index is 9.13. The summed E-state index contributed by atoms with van der Waals surface area (Å²) >= 11 is 1.43. The Morgan fingerprint density at radius 1 is 1.40 bits per heavy atom. The summed E-state index contributed by atoms with van der Waals surface area (Å²) in [4.78, 5) is 9.93. The van der Waals surface area contributed by atoms with Crippen LogP contribution in [0.2, 0.25) is 0 Å². The van der Waals surface area contributed by atoms with Crippen molar-refractivity contribution < 1.29 is 5.11 Å². The summed E-state index contributed by atoms with van der Waals surface area (Å²) in [6.07, 6.45) is 3.53. The third-order valence-electron chi connectivity index (χ3n) is 1.98. The molecule has 0 radical (unpaired) electrons. The monoisotopic (exact) mass is 221 g/mol. The van der Waals surface area contributed by atoms with Crippen molar-refractivity contribution >= 4 is 16.5 Å². The average molecular weight is 221 g/mol. The highest BCUT2D eigenvalue weighted by atomic mass is 32.1. The molecule has 0 aliphatic heterocycles. The van der Waals surface area contributed by atoms with Crippen molar-refractivity contribution in [3.63, 3.8) is 0 Å². The first-order chi connectivity index (χ1) is 7.25. The minimum atomic E-state index is 0.0802. The van der Waals surface area contributed by atoms with E-state index in [9.17, 15) is 0 Å². The lowest BCUT2D eigenvalue weighted by molar-refractivity contribution is 0.457. The van der Waals surface area contributed by atoms with E-state index in [0.717, 1.165) is 11.7 Å². The SMILES string of the molecule is CN(Cc1ccncc1)c1nc(O)cs1. The Morgan fingerprint density at radius 3 is 2.73 bits per heavy atom. The number of pyridine rings is 1. The number of rotatable bonds is 3. The number of aromatic hydroxyl groups is 1. The Labute approximate surface area is 91.9 Å². The molecule has 2 aromatic heterocycles. The van der Waals surface area contributed by atoms with Gasteiger partial charge in [0.1, 0.15) is 0 Å². The van der Waals surface area contributed by atoms with Crippen LogP contribution >= 0.6 is 11.3 Å². The Balaban J connectivity index is 2.07. The normalized spacial score (nSPS) is 10.2. The molecule has 2 aromatic rings. The molecule has 5 heteroatoms. The molecular weight excluding hydrogens is 210 g/mol. The molecule has 0 atom stereocenters. The highest BCUT2D eigenvalue weighted by molar-refractivity contribution is 7.13. The average Bonchev–Trinajstić information content (AvgIpc) is 2.66. The molecule has 4 nitrogen and oxygen atoms in total. The zero-order valence-electron chi connectivity index (χ0n) is 8.29. The van der Waals surface area contributed by atoms with Gasteiger partial charge in [-0.1, -0.05) is 0 Å². The summed E-state index contributed by atoms with van der Waals surface area (Å²) in [5.74, 6) is 0.0802. The van der Waals surface area contributed by atoms with Crippen LogP contribution in [0.3, 0.4) is 0 Å². The Hall–Kier alpha value is -1.62. The van der Waals surface area contributed by atoms with Crippen LogP contribution in [0.5, 0.6) is 5.88 Å². The van der Waals surface area contributed by atoms with Crippen molar-refractivity contribution in [3.8, 4) is 5.88 Å². The van der Waals surface area contributed by atoms with E-state index in [1.165, 1.54) is 16.9 Å². The molecule has 1 N–H and O–H groups in total. The summed E-state index contributed by atoms with van der Waals surface area (Å²) in [7, 11) is 1.94. The fourth-order valence-corrected chi connectivity index (χ4v) is 1.92. The zero-order chi connectivity index (χ0) is 10.7. The number of hydrogen-bond acceptors (Lipinski definition) is 5. The first kappa shape index (κ1) is 9.92. The number of hydrogen-bond donors (Lipinski definition) is 1. The number of nitrogens with zero attached hydrogens (tertiary/aromatic N) is 3. The van der Waals surface area contributed by atoms with E-state index in [1.54, 1.807) is 17.8 Å². The summed E-state index contributed by atoms with van der Waals surface area (Å²) in [5, 5.41) is 11.6. The van der Waals surface area contributed by atoms with Crippen LogP contribution in [0.4, 0.5) is 5.13 Å². The van der Waals surface area contributed by atoms with Gasteiger partial charge in [0.25, 0.3) is 0 Å². The molecule has 0 saturated heterocycles. The second-order valence-corrected chi connectivity index (χ2v) is 4.04. The molecule has 0 spiro atoms. The van der Waals surface area contributed by atoms with Crippen molar-refractivity contribution in [1.29, 1.82) is 0 Å². The fourth-order valence-electron chi connectivity index (χ4n) is 1.26. The van der Waals surface area contributed by atoms with Crippen molar-refractivity contribution in [3.05, 3.63) is 35.5 Å². The topological polar surface area (TPSA) is 49.2 Å². The number of thiazole rings is 1. The van der Waals surface area contributed by atoms with Crippen LogP contribution in [0.25, 0.3) is 0 Å². The molecule has 0 aliphatic carbocycles. The fraction of sp³-hybridized carbons (Fsp3) is 0.200. The van der Waals surface area contributed by atoms with E-state index in [4.69, 9.17) is 5.11 Å². The number of aromatic nitrogens is 2. The molecular formula is C10H11N3OS. The molecule has 0 fully saturated rings. The van der Waals surface area contributed by atoms with Gasteiger partial charge in [-0.15, -0.1) is 11.3 Å². The maximum absolute atomic E-state index is 9.13. The van der Waals surface area contributed by atoms with Crippen LogP contribution in [0, 0.1) is 0 Å². The molecule has 0 amide bonds. The Kier molecular flexibility index (Phi) is 2.82. The molecule has 2 rings (SSSR count). The maximum Gasteiger partial charge on any atom is 0.223 e. The van der Waals surface area contributed by atoms with Crippen LogP contribution in [0.15, 0.2) is 29.9 Å². The van der Waals surface area contributed by atoms with Gasteiger partial charge in [0.15, 0.2) is 5.13 Å².